The number of thiazole rings is 1. The molecule has 30 heavy (non-hydrogen) atoms. The topological polar surface area (TPSA) is 72.8 Å². The quantitative estimate of drug-likeness (QED) is 0.282. The van der Waals surface area contributed by atoms with Crippen molar-refractivity contribution < 1.29 is 18.7 Å². The Bertz CT molecular complexity index is 1040. The molecule has 0 aliphatic heterocycles. The highest BCUT2D eigenvalue weighted by molar-refractivity contribution is 7.13. The molecule has 1 aromatic heterocycles. The molecule has 2 aromatic carbocycles. The molecule has 0 aliphatic carbocycles. The maximum atomic E-state index is 13.3. The monoisotopic (exact) mass is 447 g/mol. The summed E-state index contributed by atoms with van der Waals surface area (Å²) in [5.74, 6) is -0.0859. The lowest BCUT2D eigenvalue weighted by molar-refractivity contribution is -0.142. The molecular formula is C21H19ClFN3O3S. The van der Waals surface area contributed by atoms with Gasteiger partial charge in [0, 0.05) is 16.0 Å². The number of hydrazone groups is 1. The highest BCUT2D eigenvalue weighted by Crippen LogP contribution is 2.23. The van der Waals surface area contributed by atoms with Crippen molar-refractivity contribution >= 4 is 40.3 Å². The maximum absolute atomic E-state index is 13.3. The van der Waals surface area contributed by atoms with Crippen molar-refractivity contribution in [1.82, 2.24) is 4.98 Å². The average Bonchev–Trinajstić information content (AvgIpc) is 3.14. The molecule has 3 aromatic rings. The first kappa shape index (κ1) is 21.7. The van der Waals surface area contributed by atoms with Crippen LogP contribution in [0.25, 0.3) is 0 Å². The van der Waals surface area contributed by atoms with E-state index in [0.717, 1.165) is 0 Å². The summed E-state index contributed by atoms with van der Waals surface area (Å²) < 4.78 is 24.0. The Morgan fingerprint density at radius 1 is 1.33 bits per heavy atom. The molecule has 0 radical (unpaired) electrons. The number of carbonyl (C=O) groups excluding carboxylic acids is 1. The van der Waals surface area contributed by atoms with E-state index in [9.17, 15) is 9.18 Å². The number of hydrogen-bond acceptors (Lipinski definition) is 7. The molecule has 0 aliphatic rings. The highest BCUT2D eigenvalue weighted by atomic mass is 35.5. The van der Waals surface area contributed by atoms with Crippen molar-refractivity contribution in [3.63, 3.8) is 0 Å². The van der Waals surface area contributed by atoms with E-state index in [2.05, 4.69) is 15.5 Å². The molecule has 1 heterocycles. The Balaban J connectivity index is 1.63. The minimum absolute atomic E-state index is 0.113. The van der Waals surface area contributed by atoms with E-state index >= 15 is 0 Å². The first-order chi connectivity index (χ1) is 14.5. The van der Waals surface area contributed by atoms with E-state index in [4.69, 9.17) is 21.1 Å². The summed E-state index contributed by atoms with van der Waals surface area (Å²) in [5, 5.41) is 7.00. The second kappa shape index (κ2) is 10.7. The van der Waals surface area contributed by atoms with E-state index in [1.54, 1.807) is 48.9 Å². The third-order valence-corrected chi connectivity index (χ3v) is 4.83. The predicted molar refractivity (Wildman–Crippen MR) is 116 cm³/mol. The molecule has 3 rings (SSSR count). The number of halogens is 2. The number of carbonyl (C=O) groups is 1. The summed E-state index contributed by atoms with van der Waals surface area (Å²) >= 11 is 7.41. The van der Waals surface area contributed by atoms with Crippen LogP contribution in [0.4, 0.5) is 9.52 Å². The van der Waals surface area contributed by atoms with Gasteiger partial charge in [0.05, 0.1) is 24.9 Å². The lowest BCUT2D eigenvalue weighted by Crippen LogP contribution is -2.07. The largest absolute Gasteiger partial charge is 0.488 e. The van der Waals surface area contributed by atoms with Gasteiger partial charge in [0.1, 0.15) is 18.2 Å². The number of aromatic nitrogens is 1. The fourth-order valence-corrected chi connectivity index (χ4v) is 3.34. The molecule has 1 N–H and O–H groups in total. The number of benzene rings is 2. The van der Waals surface area contributed by atoms with Crippen LogP contribution in [0.3, 0.4) is 0 Å². The van der Waals surface area contributed by atoms with Crippen LogP contribution in [-0.2, 0) is 22.6 Å². The van der Waals surface area contributed by atoms with Gasteiger partial charge >= 0.3 is 5.97 Å². The SMILES string of the molecule is CCOC(=O)Cc1csc(NN=Cc2cc(Cl)ccc2OCc2cccc(F)c2)n1. The van der Waals surface area contributed by atoms with Gasteiger partial charge in [-0.15, -0.1) is 11.3 Å². The normalized spacial score (nSPS) is 10.9. The number of nitrogens with one attached hydrogen (secondary N) is 1. The van der Waals surface area contributed by atoms with E-state index in [1.807, 2.05) is 0 Å². The van der Waals surface area contributed by atoms with Gasteiger partial charge in [0.2, 0.25) is 5.13 Å². The summed E-state index contributed by atoms with van der Waals surface area (Å²) in [6.45, 7) is 2.30. The highest BCUT2D eigenvalue weighted by Gasteiger charge is 2.08. The lowest BCUT2D eigenvalue weighted by Gasteiger charge is -2.09. The number of ether oxygens (including phenoxy) is 2. The first-order valence-corrected chi connectivity index (χ1v) is 10.3. The van der Waals surface area contributed by atoms with Crippen molar-refractivity contribution in [3.05, 3.63) is 75.5 Å². The number of anilines is 1. The van der Waals surface area contributed by atoms with Crippen LogP contribution >= 0.6 is 22.9 Å². The number of esters is 1. The number of hydrogen-bond donors (Lipinski definition) is 1. The van der Waals surface area contributed by atoms with Crippen LogP contribution in [0.5, 0.6) is 5.75 Å². The molecule has 0 amide bonds. The summed E-state index contributed by atoms with van der Waals surface area (Å²) in [7, 11) is 0. The van der Waals surface area contributed by atoms with E-state index in [1.165, 1.54) is 23.5 Å². The lowest BCUT2D eigenvalue weighted by atomic mass is 10.2. The first-order valence-electron chi connectivity index (χ1n) is 9.09. The Hall–Kier alpha value is -2.97. The van der Waals surface area contributed by atoms with Gasteiger partial charge < -0.3 is 9.47 Å². The maximum Gasteiger partial charge on any atom is 0.311 e. The predicted octanol–water partition coefficient (Wildman–Crippen LogP) is 5.07. The zero-order valence-corrected chi connectivity index (χ0v) is 17.7. The van der Waals surface area contributed by atoms with Crippen LogP contribution in [0.1, 0.15) is 23.7 Å². The van der Waals surface area contributed by atoms with Crippen molar-refractivity contribution in [2.75, 3.05) is 12.0 Å². The molecule has 0 bridgehead atoms. The van der Waals surface area contributed by atoms with Gasteiger partial charge in [-0.05, 0) is 42.8 Å². The Kier molecular flexibility index (Phi) is 7.75. The molecular weight excluding hydrogens is 429 g/mol. The number of nitrogens with zero attached hydrogens (tertiary/aromatic N) is 2. The molecule has 0 spiro atoms. The third-order valence-electron chi connectivity index (χ3n) is 3.80. The fraction of sp³-hybridized carbons (Fsp3) is 0.190. The molecule has 6 nitrogen and oxygen atoms in total. The third kappa shape index (κ3) is 6.53. The van der Waals surface area contributed by atoms with Gasteiger partial charge in [-0.25, -0.2) is 9.37 Å². The van der Waals surface area contributed by atoms with E-state index in [-0.39, 0.29) is 24.8 Å². The van der Waals surface area contributed by atoms with Crippen molar-refractivity contribution in [2.45, 2.75) is 20.0 Å². The smallest absolute Gasteiger partial charge is 0.311 e. The number of rotatable bonds is 9. The molecule has 0 atom stereocenters. The van der Waals surface area contributed by atoms with Gasteiger partial charge in [0.25, 0.3) is 0 Å². The van der Waals surface area contributed by atoms with Crippen molar-refractivity contribution in [2.24, 2.45) is 5.10 Å². The van der Waals surface area contributed by atoms with Crippen LogP contribution < -0.4 is 10.2 Å². The van der Waals surface area contributed by atoms with Gasteiger partial charge in [-0.3, -0.25) is 10.2 Å². The Morgan fingerprint density at radius 3 is 3.00 bits per heavy atom. The van der Waals surface area contributed by atoms with Crippen LogP contribution in [0.15, 0.2) is 52.9 Å². The fourth-order valence-electron chi connectivity index (χ4n) is 2.50. The molecule has 156 valence electrons. The zero-order chi connectivity index (χ0) is 21.3. The van der Waals surface area contributed by atoms with Crippen molar-refractivity contribution in [3.8, 4) is 5.75 Å². The molecule has 0 saturated carbocycles. The molecule has 0 fully saturated rings. The van der Waals surface area contributed by atoms with Crippen LogP contribution in [0, 0.1) is 5.82 Å². The van der Waals surface area contributed by atoms with Crippen LogP contribution in [-0.4, -0.2) is 23.8 Å². The summed E-state index contributed by atoms with van der Waals surface area (Å²) in [6.07, 6.45) is 1.67. The Morgan fingerprint density at radius 2 is 2.20 bits per heavy atom. The van der Waals surface area contributed by atoms with Gasteiger partial charge in [-0.2, -0.15) is 5.10 Å². The second-order valence-electron chi connectivity index (χ2n) is 6.10. The van der Waals surface area contributed by atoms with Gasteiger partial charge in [-0.1, -0.05) is 23.7 Å². The molecule has 0 unspecified atom stereocenters. The minimum atomic E-state index is -0.322. The Labute approximate surface area is 182 Å². The van der Waals surface area contributed by atoms with E-state index in [0.29, 0.717) is 39.3 Å². The van der Waals surface area contributed by atoms with E-state index < -0.39 is 0 Å². The average molecular weight is 448 g/mol. The minimum Gasteiger partial charge on any atom is -0.488 e. The zero-order valence-electron chi connectivity index (χ0n) is 16.1. The summed E-state index contributed by atoms with van der Waals surface area (Å²) in [5.41, 5.74) is 4.79. The summed E-state index contributed by atoms with van der Waals surface area (Å²) in [6, 6.07) is 11.4. The standard InChI is InChI=1S/C21H19ClFN3O3S/c1-2-28-20(27)10-18-13-30-21(25-18)26-24-11-15-9-16(22)6-7-19(15)29-12-14-4-3-5-17(23)8-14/h3-9,11,13H,2,10,12H2,1H3,(H,25,26). The summed E-state index contributed by atoms with van der Waals surface area (Å²) in [4.78, 5) is 15.8. The van der Waals surface area contributed by atoms with Crippen molar-refractivity contribution in [1.29, 1.82) is 0 Å². The second-order valence-corrected chi connectivity index (χ2v) is 7.39. The van der Waals surface area contributed by atoms with Crippen LogP contribution in [0.2, 0.25) is 5.02 Å². The molecule has 9 heteroatoms. The van der Waals surface area contributed by atoms with Gasteiger partial charge in [0.15, 0.2) is 0 Å². The molecule has 0 saturated heterocycles.